The molecule has 33 heavy (non-hydrogen) atoms. The third-order valence-corrected chi connectivity index (χ3v) is 5.51. The summed E-state index contributed by atoms with van der Waals surface area (Å²) in [5.41, 5.74) is 5.35. The summed E-state index contributed by atoms with van der Waals surface area (Å²) < 4.78 is 0. The lowest BCUT2D eigenvalue weighted by Crippen LogP contribution is -2.61. The molecule has 188 valence electrons. The van der Waals surface area contributed by atoms with Gasteiger partial charge in [-0.25, -0.2) is 0 Å². The van der Waals surface area contributed by atoms with Gasteiger partial charge in [0.25, 0.3) is 0 Å². The van der Waals surface area contributed by atoms with Crippen molar-refractivity contribution in [1.29, 1.82) is 0 Å². The molecule has 5 amide bonds. The molecule has 5 atom stereocenters. The highest BCUT2D eigenvalue weighted by atomic mass is 16.3. The molecule has 13 heteroatoms. The van der Waals surface area contributed by atoms with Crippen LogP contribution in [0, 0.1) is 0 Å². The number of aliphatic hydroxyl groups is 2. The molecule has 1 aliphatic heterocycles. The fourth-order valence-electron chi connectivity index (χ4n) is 3.57. The first kappa shape index (κ1) is 28.3. The molecule has 1 rings (SSSR count). The van der Waals surface area contributed by atoms with Crippen molar-refractivity contribution in [3.05, 3.63) is 0 Å². The number of rotatable bonds is 4. The number of nitrogens with zero attached hydrogens (tertiary/aromatic N) is 1. The van der Waals surface area contributed by atoms with Gasteiger partial charge in [0.05, 0.1) is 18.8 Å². The molecule has 0 spiro atoms. The third-order valence-electron chi connectivity index (χ3n) is 5.51. The second-order valence-corrected chi connectivity index (χ2v) is 8.07. The van der Waals surface area contributed by atoms with Crippen LogP contribution in [0.4, 0.5) is 0 Å². The molecule has 1 aliphatic rings. The number of carbonyl (C=O) groups is 5. The van der Waals surface area contributed by atoms with Crippen molar-refractivity contribution < 1.29 is 34.2 Å². The Bertz CT molecular complexity index is 717. The van der Waals surface area contributed by atoms with Crippen LogP contribution in [-0.2, 0) is 24.0 Å². The minimum absolute atomic E-state index is 0.0587. The summed E-state index contributed by atoms with van der Waals surface area (Å²) in [6.07, 6.45) is 0.105. The first-order chi connectivity index (χ1) is 15.5. The summed E-state index contributed by atoms with van der Waals surface area (Å²) in [6, 6.07) is -4.63. The van der Waals surface area contributed by atoms with E-state index < -0.39 is 60.5 Å². The lowest BCUT2D eigenvalue weighted by atomic mass is 10.0. The Kier molecular flexibility index (Phi) is 11.7. The molecular weight excluding hydrogens is 436 g/mol. The fraction of sp³-hybridized carbons (Fsp3) is 0.750. The zero-order chi connectivity index (χ0) is 25.1. The first-order valence-electron chi connectivity index (χ1n) is 10.9. The summed E-state index contributed by atoms with van der Waals surface area (Å²) in [5.74, 6) is -3.29. The molecule has 5 unspecified atom stereocenters. The van der Waals surface area contributed by atoms with Crippen LogP contribution >= 0.6 is 0 Å². The van der Waals surface area contributed by atoms with E-state index in [4.69, 9.17) is 5.73 Å². The van der Waals surface area contributed by atoms with Crippen molar-refractivity contribution in [3.8, 4) is 0 Å². The number of hydrogen-bond donors (Lipinski definition) is 7. The van der Waals surface area contributed by atoms with Gasteiger partial charge < -0.3 is 42.1 Å². The molecule has 0 radical (unpaired) electrons. The van der Waals surface area contributed by atoms with Crippen molar-refractivity contribution in [2.45, 2.75) is 69.3 Å². The highest BCUT2D eigenvalue weighted by Crippen LogP contribution is 2.10. The van der Waals surface area contributed by atoms with Crippen LogP contribution in [0.3, 0.4) is 0 Å². The maximum atomic E-state index is 12.9. The van der Waals surface area contributed by atoms with E-state index in [1.165, 1.54) is 14.0 Å². The zero-order valence-electron chi connectivity index (χ0n) is 19.3. The standard InChI is InChI=1S/C20H36N6O7/c1-11(28)16-19(32)25-14(10-27)18(31)24-12(17(21)30)6-4-5-9-23-15(29)8-7-13(22-2)20(33)26(16)3/h11-14,16,22,27-28H,4-10H2,1-3H3,(H2,21,30)(H,23,29)(H,24,31)(H,25,32). The maximum absolute atomic E-state index is 12.9. The van der Waals surface area contributed by atoms with Gasteiger partial charge in [-0.2, -0.15) is 0 Å². The number of amides is 5. The van der Waals surface area contributed by atoms with Gasteiger partial charge in [-0.05, 0) is 39.7 Å². The van der Waals surface area contributed by atoms with Crippen LogP contribution < -0.4 is 27.0 Å². The Morgan fingerprint density at radius 1 is 1.18 bits per heavy atom. The molecule has 1 saturated heterocycles. The Labute approximate surface area is 192 Å². The first-order valence-corrected chi connectivity index (χ1v) is 10.9. The topological polar surface area (TPSA) is 203 Å². The van der Waals surface area contributed by atoms with Crippen molar-refractivity contribution >= 4 is 29.5 Å². The van der Waals surface area contributed by atoms with Gasteiger partial charge in [0.1, 0.15) is 18.1 Å². The number of primary amides is 1. The van der Waals surface area contributed by atoms with Gasteiger partial charge in [-0.15, -0.1) is 0 Å². The van der Waals surface area contributed by atoms with Crippen molar-refractivity contribution in [2.75, 3.05) is 27.2 Å². The number of aliphatic hydroxyl groups excluding tert-OH is 2. The van der Waals surface area contributed by atoms with Crippen molar-refractivity contribution in [2.24, 2.45) is 5.73 Å². The number of likely N-dealkylation sites (N-methyl/N-ethyl adjacent to an activating group) is 2. The second kappa shape index (κ2) is 13.7. The number of nitrogens with two attached hydrogens (primary N) is 1. The second-order valence-electron chi connectivity index (χ2n) is 8.07. The summed E-state index contributed by atoms with van der Waals surface area (Å²) >= 11 is 0. The lowest BCUT2D eigenvalue weighted by Gasteiger charge is -2.33. The van der Waals surface area contributed by atoms with Gasteiger partial charge in [-0.1, -0.05) is 0 Å². The van der Waals surface area contributed by atoms with E-state index in [1.54, 1.807) is 7.05 Å². The van der Waals surface area contributed by atoms with Crippen LogP contribution in [-0.4, -0.2) is 102 Å². The SMILES string of the molecule is CNC1CCC(=O)NCCCCC(C(N)=O)NC(=O)C(CO)NC(=O)C(C(C)O)N(C)C1=O. The molecular formula is C20H36N6O7. The molecule has 0 aromatic rings. The average molecular weight is 473 g/mol. The lowest BCUT2D eigenvalue weighted by molar-refractivity contribution is -0.145. The Balaban J connectivity index is 3.18. The van der Waals surface area contributed by atoms with Crippen molar-refractivity contribution in [3.63, 3.8) is 0 Å². The van der Waals surface area contributed by atoms with Gasteiger partial charge in [0, 0.05) is 20.0 Å². The maximum Gasteiger partial charge on any atom is 0.246 e. The van der Waals surface area contributed by atoms with Crippen LogP contribution in [0.2, 0.25) is 0 Å². The number of nitrogens with one attached hydrogen (secondary N) is 4. The predicted molar refractivity (Wildman–Crippen MR) is 117 cm³/mol. The van der Waals surface area contributed by atoms with E-state index in [1.807, 2.05) is 0 Å². The number of carbonyl (C=O) groups excluding carboxylic acids is 5. The van der Waals surface area contributed by atoms with E-state index in [0.29, 0.717) is 19.4 Å². The molecule has 1 heterocycles. The van der Waals surface area contributed by atoms with Gasteiger partial charge in [0.2, 0.25) is 29.5 Å². The van der Waals surface area contributed by atoms with Crippen LogP contribution in [0.25, 0.3) is 0 Å². The Morgan fingerprint density at radius 2 is 1.85 bits per heavy atom. The summed E-state index contributed by atoms with van der Waals surface area (Å²) in [6.45, 7) is 0.868. The molecule has 13 nitrogen and oxygen atoms in total. The molecule has 1 fully saturated rings. The highest BCUT2D eigenvalue weighted by molar-refractivity contribution is 5.95. The van der Waals surface area contributed by atoms with Gasteiger partial charge in [0.15, 0.2) is 0 Å². The Hall–Kier alpha value is -2.77. The van der Waals surface area contributed by atoms with E-state index in [2.05, 4.69) is 21.3 Å². The van der Waals surface area contributed by atoms with E-state index in [-0.39, 0.29) is 25.2 Å². The van der Waals surface area contributed by atoms with Crippen molar-refractivity contribution in [1.82, 2.24) is 26.2 Å². The smallest absolute Gasteiger partial charge is 0.246 e. The summed E-state index contributed by atoms with van der Waals surface area (Å²) in [4.78, 5) is 63.2. The zero-order valence-corrected chi connectivity index (χ0v) is 19.3. The molecule has 0 aromatic heterocycles. The monoisotopic (exact) mass is 472 g/mol. The van der Waals surface area contributed by atoms with E-state index in [0.717, 1.165) is 4.90 Å². The van der Waals surface area contributed by atoms with E-state index >= 15 is 0 Å². The molecule has 0 bridgehead atoms. The van der Waals surface area contributed by atoms with Gasteiger partial charge >= 0.3 is 0 Å². The third kappa shape index (κ3) is 8.59. The van der Waals surface area contributed by atoms with Crippen LogP contribution in [0.15, 0.2) is 0 Å². The summed E-state index contributed by atoms with van der Waals surface area (Å²) in [5, 5.41) is 30.0. The predicted octanol–water partition coefficient (Wildman–Crippen LogP) is -3.69. The number of hydrogen-bond acceptors (Lipinski definition) is 8. The largest absolute Gasteiger partial charge is 0.394 e. The normalized spacial score (nSPS) is 28.1. The molecule has 0 aromatic carbocycles. The quantitative estimate of drug-likeness (QED) is 0.216. The minimum Gasteiger partial charge on any atom is -0.394 e. The molecule has 8 N–H and O–H groups in total. The van der Waals surface area contributed by atoms with Crippen LogP contribution in [0.5, 0.6) is 0 Å². The highest BCUT2D eigenvalue weighted by Gasteiger charge is 2.36. The summed E-state index contributed by atoms with van der Waals surface area (Å²) in [7, 11) is 2.86. The minimum atomic E-state index is -1.43. The molecule has 0 saturated carbocycles. The van der Waals surface area contributed by atoms with Crippen LogP contribution in [0.1, 0.15) is 39.0 Å². The van der Waals surface area contributed by atoms with E-state index in [9.17, 15) is 34.2 Å². The Morgan fingerprint density at radius 3 is 2.39 bits per heavy atom. The van der Waals surface area contributed by atoms with Gasteiger partial charge in [-0.3, -0.25) is 24.0 Å². The molecule has 0 aliphatic carbocycles. The fourth-order valence-corrected chi connectivity index (χ4v) is 3.57. The average Bonchev–Trinajstić information content (AvgIpc) is 2.75.